The van der Waals surface area contributed by atoms with E-state index in [1.165, 1.54) is 37.4 Å². The third-order valence-electron chi connectivity index (χ3n) is 4.48. The Bertz CT molecular complexity index is 1270. The van der Waals surface area contributed by atoms with Crippen molar-refractivity contribution in [3.63, 3.8) is 0 Å². The molecule has 0 atom stereocenters. The lowest BCUT2D eigenvalue weighted by Gasteiger charge is -2.12. The van der Waals surface area contributed by atoms with Gasteiger partial charge in [0.25, 0.3) is 11.6 Å². The predicted molar refractivity (Wildman–Crippen MR) is 121 cm³/mol. The maximum Gasteiger partial charge on any atom is 0.356 e. The highest BCUT2D eigenvalue weighted by Crippen LogP contribution is 2.28. The number of carbonyl (C=O) groups excluding carboxylic acids is 2. The summed E-state index contributed by atoms with van der Waals surface area (Å²) in [5.74, 6) is -1.63. The van der Waals surface area contributed by atoms with Gasteiger partial charge in [0.15, 0.2) is 0 Å². The van der Waals surface area contributed by atoms with Gasteiger partial charge >= 0.3 is 5.69 Å². The molecule has 4 N–H and O–H groups in total. The minimum absolute atomic E-state index is 0.123. The number of ether oxygens (including phenoxy) is 1. The van der Waals surface area contributed by atoms with E-state index >= 15 is 0 Å². The Morgan fingerprint density at radius 2 is 1.54 bits per heavy atom. The van der Waals surface area contributed by atoms with Crippen LogP contribution in [0.3, 0.4) is 0 Å². The number of nitro benzene ring substituents is 1. The number of nitrogens with one attached hydrogen (secondary N) is 4. The van der Waals surface area contributed by atoms with Gasteiger partial charge in [0.2, 0.25) is 17.5 Å². The fraction of sp³-hybridized carbons (Fsp3) is 0.100. The second-order valence-electron chi connectivity index (χ2n) is 6.73. The highest BCUT2D eigenvalue weighted by molar-refractivity contribution is 5.97. The van der Waals surface area contributed by atoms with Crippen molar-refractivity contribution in [3.8, 4) is 5.75 Å². The van der Waals surface area contributed by atoms with Crippen LogP contribution in [0.2, 0.25) is 0 Å². The molecule has 1 aromatic heterocycles. The third-order valence-corrected chi connectivity index (χ3v) is 4.48. The summed E-state index contributed by atoms with van der Waals surface area (Å²) in [4.78, 5) is 53.1. The van der Waals surface area contributed by atoms with E-state index in [0.29, 0.717) is 11.3 Å². The molecule has 0 aliphatic carbocycles. The van der Waals surface area contributed by atoms with Gasteiger partial charge in [-0.2, -0.15) is 0 Å². The van der Waals surface area contributed by atoms with Crippen molar-refractivity contribution in [3.05, 3.63) is 86.2 Å². The van der Waals surface area contributed by atoms with Crippen LogP contribution in [0.5, 0.6) is 5.75 Å². The summed E-state index contributed by atoms with van der Waals surface area (Å²) in [5, 5.41) is 22.3. The minimum Gasteiger partial charge on any atom is -0.496 e. The minimum atomic E-state index is -0.803. The van der Waals surface area contributed by atoms with Crippen LogP contribution in [-0.4, -0.2) is 38.7 Å². The number of methoxy groups -OCH3 is 1. The number of non-ortho nitro benzene ring substituents is 1. The Balaban J connectivity index is 1.67. The van der Waals surface area contributed by atoms with Crippen LogP contribution in [-0.2, 0) is 11.2 Å². The molecule has 0 saturated heterocycles. The van der Waals surface area contributed by atoms with Crippen molar-refractivity contribution in [2.24, 2.45) is 0 Å². The number of hydrogen-bond donors (Lipinski definition) is 4. The van der Waals surface area contributed by atoms with Crippen molar-refractivity contribution in [1.82, 2.24) is 20.8 Å². The zero-order valence-electron chi connectivity index (χ0n) is 18.0. The summed E-state index contributed by atoms with van der Waals surface area (Å²) in [6.07, 6.45) is 0.819. The molecule has 1 heterocycles. The van der Waals surface area contributed by atoms with E-state index in [1.807, 2.05) is 0 Å². The molecule has 15 heteroatoms. The number of rotatable bonds is 10. The lowest BCUT2D eigenvalue weighted by Crippen LogP contribution is -2.33. The summed E-state index contributed by atoms with van der Waals surface area (Å²) in [6.45, 7) is 0. The molecular formula is C20H18N8O7. The van der Waals surface area contributed by atoms with Gasteiger partial charge in [-0.1, -0.05) is 24.3 Å². The number of hydrazine groups is 2. The van der Waals surface area contributed by atoms with Gasteiger partial charge in [-0.05, 0) is 17.7 Å². The van der Waals surface area contributed by atoms with E-state index < -0.39 is 27.3 Å². The normalized spacial score (nSPS) is 10.1. The molecule has 0 radical (unpaired) electrons. The van der Waals surface area contributed by atoms with Crippen molar-refractivity contribution < 1.29 is 24.2 Å². The summed E-state index contributed by atoms with van der Waals surface area (Å²) in [6, 6.07) is 11.7. The molecule has 2 amide bonds. The van der Waals surface area contributed by atoms with Crippen LogP contribution in [0, 0.1) is 20.2 Å². The Morgan fingerprint density at radius 1 is 0.914 bits per heavy atom. The molecule has 0 fully saturated rings. The number of para-hydroxylation sites is 1. The van der Waals surface area contributed by atoms with Crippen molar-refractivity contribution in [2.75, 3.05) is 18.0 Å². The van der Waals surface area contributed by atoms with E-state index in [4.69, 9.17) is 4.74 Å². The van der Waals surface area contributed by atoms with Crippen LogP contribution in [0.15, 0.2) is 54.9 Å². The first kappa shape index (κ1) is 24.3. The Kier molecular flexibility index (Phi) is 7.63. The molecule has 0 aliphatic rings. The largest absolute Gasteiger partial charge is 0.496 e. The Morgan fingerprint density at radius 3 is 2.14 bits per heavy atom. The molecule has 0 saturated carbocycles. The van der Waals surface area contributed by atoms with Gasteiger partial charge < -0.3 is 4.74 Å². The first-order valence-electron chi connectivity index (χ1n) is 9.77. The van der Waals surface area contributed by atoms with Gasteiger partial charge in [-0.15, -0.1) is 0 Å². The fourth-order valence-corrected chi connectivity index (χ4v) is 2.84. The zero-order chi connectivity index (χ0) is 25.4. The molecule has 0 unspecified atom stereocenters. The van der Waals surface area contributed by atoms with Gasteiger partial charge in [0.05, 0.1) is 28.9 Å². The number of carbonyl (C=O) groups is 2. The van der Waals surface area contributed by atoms with E-state index in [2.05, 4.69) is 31.7 Å². The smallest absolute Gasteiger partial charge is 0.356 e. The standard InChI is InChI=1S/C20H18N8O7/c1-35-15-5-3-2-4-14(15)20(30)26-25-19-17(28(33)34)18(21-11-22-19)24-23-16(29)10-12-6-8-13(9-7-12)27(31)32/h2-9,11H,10H2,1H3,(H,23,29)(H,26,30)(H2,21,22,24,25). The quantitative estimate of drug-likeness (QED) is 0.242. The summed E-state index contributed by atoms with van der Waals surface area (Å²) >= 11 is 0. The topological polar surface area (TPSA) is 204 Å². The van der Waals surface area contributed by atoms with Crippen LogP contribution in [0.4, 0.5) is 23.0 Å². The summed E-state index contributed by atoms with van der Waals surface area (Å²) < 4.78 is 5.11. The van der Waals surface area contributed by atoms with Crippen LogP contribution >= 0.6 is 0 Å². The SMILES string of the molecule is COc1ccccc1C(=O)NNc1ncnc(NNC(=O)Cc2ccc([N+](=O)[O-])cc2)c1[N+](=O)[O-]. The Labute approximate surface area is 196 Å². The van der Waals surface area contributed by atoms with Crippen molar-refractivity contribution >= 4 is 34.8 Å². The number of benzene rings is 2. The van der Waals surface area contributed by atoms with E-state index in [0.717, 1.165) is 6.33 Å². The van der Waals surface area contributed by atoms with Crippen LogP contribution < -0.4 is 26.4 Å². The van der Waals surface area contributed by atoms with Gasteiger partial charge in [0.1, 0.15) is 12.1 Å². The molecule has 3 aromatic rings. The number of aromatic nitrogens is 2. The first-order chi connectivity index (χ1) is 16.8. The molecule has 180 valence electrons. The molecule has 0 spiro atoms. The van der Waals surface area contributed by atoms with Gasteiger partial charge in [0, 0.05) is 12.1 Å². The monoisotopic (exact) mass is 482 g/mol. The molecule has 0 aliphatic heterocycles. The van der Waals surface area contributed by atoms with Crippen molar-refractivity contribution in [2.45, 2.75) is 6.42 Å². The summed E-state index contributed by atoms with van der Waals surface area (Å²) in [5.41, 5.74) is 9.16. The average molecular weight is 482 g/mol. The maximum atomic E-state index is 12.4. The summed E-state index contributed by atoms with van der Waals surface area (Å²) in [7, 11) is 1.39. The molecular weight excluding hydrogens is 464 g/mol. The molecule has 0 bridgehead atoms. The van der Waals surface area contributed by atoms with Crippen molar-refractivity contribution in [1.29, 1.82) is 0 Å². The molecule has 15 nitrogen and oxygen atoms in total. The first-order valence-corrected chi connectivity index (χ1v) is 9.77. The second-order valence-corrected chi connectivity index (χ2v) is 6.73. The average Bonchev–Trinajstić information content (AvgIpc) is 2.86. The highest BCUT2D eigenvalue weighted by Gasteiger charge is 2.24. The van der Waals surface area contributed by atoms with E-state index in [-0.39, 0.29) is 29.3 Å². The number of nitrogens with zero attached hydrogens (tertiary/aromatic N) is 4. The number of hydrogen-bond acceptors (Lipinski definition) is 11. The molecule has 3 rings (SSSR count). The Hall–Kier alpha value is -5.34. The lowest BCUT2D eigenvalue weighted by molar-refractivity contribution is -0.384. The predicted octanol–water partition coefficient (Wildman–Crippen LogP) is 1.74. The molecule has 35 heavy (non-hydrogen) atoms. The highest BCUT2D eigenvalue weighted by atomic mass is 16.6. The third kappa shape index (κ3) is 6.13. The fourth-order valence-electron chi connectivity index (χ4n) is 2.84. The van der Waals surface area contributed by atoms with E-state index in [1.54, 1.807) is 18.2 Å². The van der Waals surface area contributed by atoms with E-state index in [9.17, 15) is 29.8 Å². The number of nitro groups is 2. The molecule has 2 aromatic carbocycles. The second kappa shape index (κ2) is 11.0. The van der Waals surface area contributed by atoms with Crippen LogP contribution in [0.25, 0.3) is 0 Å². The van der Waals surface area contributed by atoms with Crippen LogP contribution in [0.1, 0.15) is 15.9 Å². The maximum absolute atomic E-state index is 12.4. The van der Waals surface area contributed by atoms with Gasteiger partial charge in [-0.25, -0.2) is 9.97 Å². The zero-order valence-corrected chi connectivity index (χ0v) is 18.0. The lowest BCUT2D eigenvalue weighted by atomic mass is 10.1. The van der Waals surface area contributed by atoms with Gasteiger partial charge in [-0.3, -0.25) is 51.5 Å². The number of anilines is 2. The number of amides is 2.